The average Bonchev–Trinajstić information content (AvgIpc) is 2.63. The molecule has 1 aliphatic rings. The van der Waals surface area contributed by atoms with Crippen LogP contribution in [0.25, 0.3) is 0 Å². The number of nitrogens with zero attached hydrogens (tertiary/aromatic N) is 1. The van der Waals surface area contributed by atoms with Gasteiger partial charge in [0, 0.05) is 22.3 Å². The minimum atomic E-state index is -3.47. The molecule has 0 saturated carbocycles. The standard InChI is InChI=1S/C19H21IN2O3S/c1-14-10-12-22(13-11-14)26(24,25)16-8-6-15(7-9-16)21-19(23)17-4-2-3-5-18(17)20/h2-9,14H,10-13H2,1H3,(H,21,23). The van der Waals surface area contributed by atoms with Crippen LogP contribution in [0.15, 0.2) is 53.4 Å². The molecule has 0 aliphatic carbocycles. The average molecular weight is 484 g/mol. The van der Waals surface area contributed by atoms with Gasteiger partial charge in [-0.2, -0.15) is 4.31 Å². The predicted molar refractivity (Wildman–Crippen MR) is 111 cm³/mol. The van der Waals surface area contributed by atoms with Gasteiger partial charge < -0.3 is 5.32 Å². The van der Waals surface area contributed by atoms with Crippen molar-refractivity contribution in [3.8, 4) is 0 Å². The second-order valence-corrected chi connectivity index (χ2v) is 9.65. The number of rotatable bonds is 4. The van der Waals surface area contributed by atoms with E-state index >= 15 is 0 Å². The van der Waals surface area contributed by atoms with Gasteiger partial charge in [-0.25, -0.2) is 8.42 Å². The van der Waals surface area contributed by atoms with Crippen molar-refractivity contribution in [1.82, 2.24) is 4.31 Å². The summed E-state index contributed by atoms with van der Waals surface area (Å²) in [7, 11) is -3.47. The zero-order valence-corrected chi connectivity index (χ0v) is 17.5. The van der Waals surface area contributed by atoms with Crippen LogP contribution < -0.4 is 5.32 Å². The Bertz CT molecular complexity index is 889. The molecule has 5 nitrogen and oxygen atoms in total. The quantitative estimate of drug-likeness (QED) is 0.669. The number of piperidine rings is 1. The number of carbonyl (C=O) groups excluding carboxylic acids is 1. The molecule has 1 amide bonds. The van der Waals surface area contributed by atoms with Crippen molar-refractivity contribution in [2.45, 2.75) is 24.7 Å². The smallest absolute Gasteiger partial charge is 0.256 e. The summed E-state index contributed by atoms with van der Waals surface area (Å²) in [5.74, 6) is 0.357. The molecule has 0 aromatic heterocycles. The largest absolute Gasteiger partial charge is 0.322 e. The summed E-state index contributed by atoms with van der Waals surface area (Å²) in [5, 5.41) is 2.81. The summed E-state index contributed by atoms with van der Waals surface area (Å²) in [4.78, 5) is 12.6. The van der Waals surface area contributed by atoms with Crippen molar-refractivity contribution in [2.24, 2.45) is 5.92 Å². The maximum Gasteiger partial charge on any atom is 0.256 e. The number of benzene rings is 2. The van der Waals surface area contributed by atoms with Crippen LogP contribution >= 0.6 is 22.6 Å². The molecule has 0 bridgehead atoms. The molecule has 0 unspecified atom stereocenters. The zero-order chi connectivity index (χ0) is 18.7. The van der Waals surface area contributed by atoms with Gasteiger partial charge >= 0.3 is 0 Å². The van der Waals surface area contributed by atoms with Crippen LogP contribution in [0.3, 0.4) is 0 Å². The van der Waals surface area contributed by atoms with Crippen LogP contribution in [-0.4, -0.2) is 31.7 Å². The number of halogens is 1. The van der Waals surface area contributed by atoms with Crippen LogP contribution in [0.5, 0.6) is 0 Å². The summed E-state index contributed by atoms with van der Waals surface area (Å²) < 4.78 is 27.9. The molecule has 1 fully saturated rings. The molecule has 0 radical (unpaired) electrons. The Morgan fingerprint density at radius 1 is 1.08 bits per heavy atom. The molecule has 2 aromatic carbocycles. The van der Waals surface area contributed by atoms with E-state index in [0.29, 0.717) is 30.3 Å². The second kappa shape index (κ2) is 8.06. The maximum absolute atomic E-state index is 12.7. The molecule has 0 atom stereocenters. The number of nitrogens with one attached hydrogen (secondary N) is 1. The van der Waals surface area contributed by atoms with E-state index in [0.717, 1.165) is 16.4 Å². The van der Waals surface area contributed by atoms with Crippen molar-refractivity contribution in [3.63, 3.8) is 0 Å². The molecule has 3 rings (SSSR count). The predicted octanol–water partition coefficient (Wildman–Crippen LogP) is 3.96. The topological polar surface area (TPSA) is 66.5 Å². The van der Waals surface area contributed by atoms with Crippen molar-refractivity contribution < 1.29 is 13.2 Å². The van der Waals surface area contributed by atoms with Gasteiger partial charge in [-0.15, -0.1) is 0 Å². The first-order valence-electron chi connectivity index (χ1n) is 8.54. The summed E-state index contributed by atoms with van der Waals surface area (Å²) in [6.45, 7) is 3.28. The zero-order valence-electron chi connectivity index (χ0n) is 14.5. The fourth-order valence-corrected chi connectivity index (χ4v) is 5.03. The van der Waals surface area contributed by atoms with Crippen molar-refractivity contribution >= 4 is 44.2 Å². The van der Waals surface area contributed by atoms with Crippen LogP contribution in [0, 0.1) is 9.49 Å². The van der Waals surface area contributed by atoms with E-state index in [4.69, 9.17) is 0 Å². The number of hydrogen-bond donors (Lipinski definition) is 1. The molecule has 26 heavy (non-hydrogen) atoms. The third-order valence-corrected chi connectivity index (χ3v) is 7.46. The van der Waals surface area contributed by atoms with E-state index in [1.807, 2.05) is 18.2 Å². The van der Waals surface area contributed by atoms with E-state index in [1.54, 1.807) is 34.6 Å². The Kier molecular flexibility index (Phi) is 5.99. The third-order valence-electron chi connectivity index (χ3n) is 4.61. The fraction of sp³-hybridized carbons (Fsp3) is 0.316. The first kappa shape index (κ1) is 19.3. The maximum atomic E-state index is 12.7. The molecule has 0 spiro atoms. The Morgan fingerprint density at radius 3 is 2.31 bits per heavy atom. The summed E-state index contributed by atoms with van der Waals surface area (Å²) in [6, 6.07) is 13.7. The van der Waals surface area contributed by atoms with Gasteiger partial charge in [0.2, 0.25) is 10.0 Å². The molecular weight excluding hydrogens is 463 g/mol. The van der Waals surface area contributed by atoms with Gasteiger partial charge in [-0.3, -0.25) is 4.79 Å². The lowest BCUT2D eigenvalue weighted by Crippen LogP contribution is -2.37. The minimum Gasteiger partial charge on any atom is -0.322 e. The third kappa shape index (κ3) is 4.27. The Balaban J connectivity index is 1.72. The first-order chi connectivity index (χ1) is 12.4. The fourth-order valence-electron chi connectivity index (χ4n) is 2.93. The SMILES string of the molecule is CC1CCN(S(=O)(=O)c2ccc(NC(=O)c3ccccc3I)cc2)CC1. The molecule has 1 aliphatic heterocycles. The number of carbonyl (C=O) groups is 1. The van der Waals surface area contributed by atoms with Crippen LogP contribution in [-0.2, 0) is 10.0 Å². The highest BCUT2D eigenvalue weighted by Crippen LogP contribution is 2.24. The van der Waals surface area contributed by atoms with Gasteiger partial charge in [-0.05, 0) is 77.7 Å². The molecule has 138 valence electrons. The highest BCUT2D eigenvalue weighted by Gasteiger charge is 2.27. The van der Waals surface area contributed by atoms with E-state index in [9.17, 15) is 13.2 Å². The van der Waals surface area contributed by atoms with Crippen molar-refractivity contribution in [3.05, 3.63) is 57.7 Å². The van der Waals surface area contributed by atoms with Gasteiger partial charge in [0.1, 0.15) is 0 Å². The highest BCUT2D eigenvalue weighted by molar-refractivity contribution is 14.1. The summed E-state index contributed by atoms with van der Waals surface area (Å²) in [5.41, 5.74) is 1.16. The van der Waals surface area contributed by atoms with E-state index in [-0.39, 0.29) is 10.8 Å². The Morgan fingerprint density at radius 2 is 1.69 bits per heavy atom. The van der Waals surface area contributed by atoms with E-state index in [2.05, 4.69) is 34.8 Å². The van der Waals surface area contributed by atoms with Crippen molar-refractivity contribution in [2.75, 3.05) is 18.4 Å². The first-order valence-corrected chi connectivity index (χ1v) is 11.1. The molecule has 2 aromatic rings. The van der Waals surface area contributed by atoms with Crippen LogP contribution in [0.4, 0.5) is 5.69 Å². The Hall–Kier alpha value is -1.45. The molecule has 7 heteroatoms. The lowest BCUT2D eigenvalue weighted by atomic mass is 10.0. The molecular formula is C19H21IN2O3S. The van der Waals surface area contributed by atoms with E-state index < -0.39 is 10.0 Å². The summed E-state index contributed by atoms with van der Waals surface area (Å²) in [6.07, 6.45) is 1.78. The van der Waals surface area contributed by atoms with Gasteiger partial charge in [0.05, 0.1) is 10.5 Å². The minimum absolute atomic E-state index is 0.212. The monoisotopic (exact) mass is 484 g/mol. The van der Waals surface area contributed by atoms with Crippen LogP contribution in [0.1, 0.15) is 30.1 Å². The van der Waals surface area contributed by atoms with Gasteiger partial charge in [0.25, 0.3) is 5.91 Å². The van der Waals surface area contributed by atoms with E-state index in [1.165, 1.54) is 0 Å². The molecule has 1 N–H and O–H groups in total. The number of anilines is 1. The second-order valence-electron chi connectivity index (χ2n) is 6.54. The number of amides is 1. The molecule has 1 saturated heterocycles. The lowest BCUT2D eigenvalue weighted by molar-refractivity contribution is 0.102. The van der Waals surface area contributed by atoms with Crippen molar-refractivity contribution in [1.29, 1.82) is 0 Å². The number of sulfonamides is 1. The van der Waals surface area contributed by atoms with Crippen LogP contribution in [0.2, 0.25) is 0 Å². The highest BCUT2D eigenvalue weighted by atomic mass is 127. The Labute approximate surface area is 168 Å². The van der Waals surface area contributed by atoms with Gasteiger partial charge in [-0.1, -0.05) is 19.1 Å². The lowest BCUT2D eigenvalue weighted by Gasteiger charge is -2.29. The van der Waals surface area contributed by atoms with Gasteiger partial charge in [0.15, 0.2) is 0 Å². The number of hydrogen-bond acceptors (Lipinski definition) is 3. The summed E-state index contributed by atoms with van der Waals surface area (Å²) >= 11 is 2.11. The molecule has 1 heterocycles. The normalized spacial score (nSPS) is 16.4.